The number of para-hydroxylation sites is 3. The fourth-order valence-electron chi connectivity index (χ4n) is 7.74. The molecule has 3 unspecified atom stereocenters. The second-order valence-electron chi connectivity index (χ2n) is 15.4. The maximum atomic E-state index is 12.1. The van der Waals surface area contributed by atoms with Gasteiger partial charge in [-0.3, -0.25) is 0 Å². The number of rotatable bonds is 30. The lowest BCUT2D eigenvalue weighted by Crippen LogP contribution is -2.21. The van der Waals surface area contributed by atoms with Gasteiger partial charge in [0.15, 0.2) is 0 Å². The summed E-state index contributed by atoms with van der Waals surface area (Å²) in [6.45, 7) is 6.81. The molecule has 0 aliphatic carbocycles. The Morgan fingerprint density at radius 3 is 1.09 bits per heavy atom. The first-order chi connectivity index (χ1) is 27.1. The van der Waals surface area contributed by atoms with Gasteiger partial charge in [0, 0.05) is 11.1 Å². The third-order valence-electron chi connectivity index (χ3n) is 10.8. The molecular weight excluding hydrogens is 677 g/mol. The maximum Gasteiger partial charge on any atom is 0.128 e. The normalized spacial score (nSPS) is 12.9. The Kier molecular flexibility index (Phi) is 21.4. The van der Waals surface area contributed by atoms with Crippen molar-refractivity contribution in [1.29, 1.82) is 0 Å². The van der Waals surface area contributed by atoms with Crippen molar-refractivity contribution in [1.82, 2.24) is 0 Å². The van der Waals surface area contributed by atoms with Crippen molar-refractivity contribution in [2.45, 2.75) is 174 Å². The highest BCUT2D eigenvalue weighted by molar-refractivity contribution is 5.49. The van der Waals surface area contributed by atoms with E-state index in [1.54, 1.807) is 0 Å². The van der Waals surface area contributed by atoms with Crippen molar-refractivity contribution in [2.24, 2.45) is 0 Å². The molecule has 0 aromatic heterocycles. The summed E-state index contributed by atoms with van der Waals surface area (Å²) in [5, 5.41) is 12.1. The Balaban J connectivity index is 1.83. The first-order valence-corrected chi connectivity index (χ1v) is 22.1. The molecule has 0 fully saturated rings. The zero-order valence-electron chi connectivity index (χ0n) is 34.6. The quantitative estimate of drug-likeness (QED) is 0.0540. The van der Waals surface area contributed by atoms with Crippen LogP contribution in [-0.2, 0) is 0 Å². The Bertz CT molecular complexity index is 1520. The minimum atomic E-state index is -0.346. The lowest BCUT2D eigenvalue weighted by atomic mass is 9.85. The van der Waals surface area contributed by atoms with Crippen molar-refractivity contribution < 1.29 is 19.3 Å². The molecule has 4 aromatic rings. The minimum absolute atomic E-state index is 0.208. The summed E-state index contributed by atoms with van der Waals surface area (Å²) in [7, 11) is 0. The first-order valence-electron chi connectivity index (χ1n) is 22.1. The van der Waals surface area contributed by atoms with E-state index in [-0.39, 0.29) is 24.1 Å². The van der Waals surface area contributed by atoms with E-state index < -0.39 is 0 Å². The van der Waals surface area contributed by atoms with Gasteiger partial charge in [0.1, 0.15) is 41.3 Å². The van der Waals surface area contributed by atoms with Crippen LogP contribution in [0.5, 0.6) is 23.0 Å². The van der Waals surface area contributed by atoms with Crippen LogP contribution in [-0.4, -0.2) is 5.11 Å². The second kappa shape index (κ2) is 26.8. The van der Waals surface area contributed by atoms with E-state index in [4.69, 9.17) is 14.2 Å². The van der Waals surface area contributed by atoms with Crippen LogP contribution in [0.4, 0.5) is 0 Å². The number of ether oxygens (including phenoxy) is 3. The van der Waals surface area contributed by atoms with Gasteiger partial charge in [-0.15, -0.1) is 0 Å². The van der Waals surface area contributed by atoms with E-state index in [2.05, 4.69) is 51.1 Å². The average molecular weight is 749 g/mol. The third-order valence-corrected chi connectivity index (χ3v) is 10.8. The number of unbranched alkanes of at least 4 members (excludes halogenated alkanes) is 15. The van der Waals surface area contributed by atoms with Crippen LogP contribution in [0.25, 0.3) is 0 Å². The summed E-state index contributed by atoms with van der Waals surface area (Å²) in [5.41, 5.74) is 2.99. The van der Waals surface area contributed by atoms with Gasteiger partial charge in [0.25, 0.3) is 0 Å². The number of benzene rings is 4. The molecule has 0 radical (unpaired) electrons. The van der Waals surface area contributed by atoms with Crippen LogP contribution in [0, 0.1) is 0 Å². The zero-order chi connectivity index (χ0) is 38.8. The zero-order valence-corrected chi connectivity index (χ0v) is 34.6. The molecule has 55 heavy (non-hydrogen) atoms. The van der Waals surface area contributed by atoms with Gasteiger partial charge < -0.3 is 19.3 Å². The molecule has 300 valence electrons. The summed E-state index contributed by atoms with van der Waals surface area (Å²) in [6, 6.07) is 34.6. The van der Waals surface area contributed by atoms with Crippen molar-refractivity contribution in [2.75, 3.05) is 0 Å². The van der Waals surface area contributed by atoms with E-state index in [0.717, 1.165) is 85.3 Å². The molecule has 1 N–H and O–H groups in total. The molecule has 0 amide bonds. The van der Waals surface area contributed by atoms with Crippen LogP contribution in [0.2, 0.25) is 0 Å². The molecule has 0 aliphatic heterocycles. The smallest absolute Gasteiger partial charge is 0.128 e. The monoisotopic (exact) mass is 749 g/mol. The van der Waals surface area contributed by atoms with Crippen LogP contribution in [0.15, 0.2) is 103 Å². The molecule has 0 spiro atoms. The molecule has 0 saturated heterocycles. The number of phenolic OH excluding ortho intramolecular Hbond substituents is 1. The summed E-state index contributed by atoms with van der Waals surface area (Å²) in [4.78, 5) is 0. The molecular formula is C51H72O4. The van der Waals surface area contributed by atoms with Gasteiger partial charge >= 0.3 is 0 Å². The van der Waals surface area contributed by atoms with Crippen molar-refractivity contribution in [3.05, 3.63) is 120 Å². The molecule has 0 bridgehead atoms. The fraction of sp³-hybridized carbons (Fsp3) is 0.529. The molecule has 0 saturated carbocycles. The van der Waals surface area contributed by atoms with E-state index in [1.165, 1.54) is 83.5 Å². The van der Waals surface area contributed by atoms with Gasteiger partial charge in [0.05, 0.1) is 0 Å². The Morgan fingerprint density at radius 2 is 0.691 bits per heavy atom. The SMILES string of the molecule is CCCCCCCCC(Oc1ccccc1)c1ccc(O)c(C(CCCCCCCC)Oc2ccccc2)c1C(CCCCCCCC)Oc1ccccc1. The lowest BCUT2D eigenvalue weighted by Gasteiger charge is -2.32. The van der Waals surface area contributed by atoms with Crippen molar-refractivity contribution >= 4 is 0 Å². The van der Waals surface area contributed by atoms with Crippen molar-refractivity contribution in [3.8, 4) is 23.0 Å². The largest absolute Gasteiger partial charge is 0.508 e. The lowest BCUT2D eigenvalue weighted by molar-refractivity contribution is 0.152. The minimum Gasteiger partial charge on any atom is -0.508 e. The number of hydrogen-bond acceptors (Lipinski definition) is 4. The fourth-order valence-corrected chi connectivity index (χ4v) is 7.74. The maximum absolute atomic E-state index is 12.1. The highest BCUT2D eigenvalue weighted by Crippen LogP contribution is 2.45. The predicted molar refractivity (Wildman–Crippen MR) is 232 cm³/mol. The van der Waals surface area contributed by atoms with Gasteiger partial charge in [-0.05, 0) is 86.6 Å². The molecule has 4 rings (SSSR count). The second-order valence-corrected chi connectivity index (χ2v) is 15.4. The molecule has 0 heterocycles. The Morgan fingerprint density at radius 1 is 0.364 bits per heavy atom. The molecule has 4 nitrogen and oxygen atoms in total. The van der Waals surface area contributed by atoms with Crippen LogP contribution in [0.1, 0.15) is 191 Å². The van der Waals surface area contributed by atoms with Crippen LogP contribution in [0.3, 0.4) is 0 Å². The third kappa shape index (κ3) is 16.0. The molecule has 3 atom stereocenters. The molecule has 4 heteroatoms. The summed E-state index contributed by atoms with van der Waals surface area (Å²) in [5.74, 6) is 2.79. The van der Waals surface area contributed by atoms with E-state index in [1.807, 2.05) is 72.8 Å². The standard InChI is InChI=1S/C51H72O4/c1-4-7-10-13-16-28-37-47(53-42-31-22-19-23-32-42)45-40-41-46(52)51(49(39-30-18-15-12-9-6-3)55-44-35-26-21-27-36-44)50(45)48(38-29-17-14-11-8-5-2)54-43-33-24-20-25-34-43/h19-27,31-36,40-41,47-49,52H,4-18,28-30,37-39H2,1-3H3. The van der Waals surface area contributed by atoms with Crippen molar-refractivity contribution in [3.63, 3.8) is 0 Å². The van der Waals surface area contributed by atoms with Gasteiger partial charge in [0.2, 0.25) is 0 Å². The number of aromatic hydroxyl groups is 1. The summed E-state index contributed by atoms with van der Waals surface area (Å²) < 4.78 is 21.0. The average Bonchev–Trinajstić information content (AvgIpc) is 3.21. The van der Waals surface area contributed by atoms with Gasteiger partial charge in [-0.2, -0.15) is 0 Å². The molecule has 0 aliphatic rings. The van der Waals surface area contributed by atoms with Gasteiger partial charge in [-0.25, -0.2) is 0 Å². The van der Waals surface area contributed by atoms with E-state index in [0.29, 0.717) is 0 Å². The summed E-state index contributed by atoms with van der Waals surface area (Å²) >= 11 is 0. The highest BCUT2D eigenvalue weighted by Gasteiger charge is 2.32. The Labute approximate surface area is 335 Å². The van der Waals surface area contributed by atoms with Crippen LogP contribution >= 0.6 is 0 Å². The predicted octanol–water partition coefficient (Wildman–Crippen LogP) is 16.0. The number of hydrogen-bond donors (Lipinski definition) is 1. The highest BCUT2D eigenvalue weighted by atomic mass is 16.5. The van der Waals surface area contributed by atoms with Crippen LogP contribution < -0.4 is 14.2 Å². The van der Waals surface area contributed by atoms with E-state index >= 15 is 0 Å². The van der Waals surface area contributed by atoms with Gasteiger partial charge in [-0.1, -0.05) is 178 Å². The Hall–Kier alpha value is -3.92. The molecule has 4 aromatic carbocycles. The van der Waals surface area contributed by atoms with E-state index in [9.17, 15) is 5.11 Å². The first kappa shape index (κ1) is 43.8. The number of phenols is 1. The summed E-state index contributed by atoms with van der Waals surface area (Å²) in [6.07, 6.45) is 23.3. The topological polar surface area (TPSA) is 47.9 Å².